The molecule has 2 rings (SSSR count). The van der Waals surface area contributed by atoms with Gasteiger partial charge in [-0.25, -0.2) is 4.98 Å². The van der Waals surface area contributed by atoms with Crippen molar-refractivity contribution < 1.29 is 0 Å². The van der Waals surface area contributed by atoms with E-state index in [0.717, 1.165) is 27.7 Å². The molecule has 0 saturated heterocycles. The number of nitrogens with zero attached hydrogens (tertiary/aromatic N) is 2. The molecule has 1 aromatic heterocycles. The highest BCUT2D eigenvalue weighted by Gasteiger charge is 2.12. The second-order valence-corrected chi connectivity index (χ2v) is 6.15. The van der Waals surface area contributed by atoms with Crippen LogP contribution in [-0.4, -0.2) is 15.3 Å². The third kappa shape index (κ3) is 3.12. The van der Waals surface area contributed by atoms with E-state index in [4.69, 9.17) is 0 Å². The van der Waals surface area contributed by atoms with Gasteiger partial charge in [0.05, 0.1) is 0 Å². The minimum Gasteiger partial charge on any atom is -0.291 e. The van der Waals surface area contributed by atoms with Gasteiger partial charge in [-0.1, -0.05) is 48.5 Å². The summed E-state index contributed by atoms with van der Waals surface area (Å²) in [5, 5.41) is 0.794. The number of rotatable bonds is 4. The highest BCUT2D eigenvalue weighted by atomic mass is 32.2. The molecule has 0 fully saturated rings. The van der Waals surface area contributed by atoms with Gasteiger partial charge in [-0.3, -0.25) is 9.36 Å². The van der Waals surface area contributed by atoms with Crippen molar-refractivity contribution in [2.45, 2.75) is 32.3 Å². The van der Waals surface area contributed by atoms with Crippen molar-refractivity contribution >= 4 is 11.8 Å². The zero-order valence-electron chi connectivity index (χ0n) is 12.4. The molecule has 1 heterocycles. The number of hydrogen-bond acceptors (Lipinski definition) is 3. The van der Waals surface area contributed by atoms with E-state index < -0.39 is 0 Å². The Bertz CT molecular complexity index is 659. The fourth-order valence-electron chi connectivity index (χ4n) is 2.10. The Kier molecular flexibility index (Phi) is 4.65. The van der Waals surface area contributed by atoms with Gasteiger partial charge >= 0.3 is 0 Å². The molecule has 0 atom stereocenters. The molecule has 0 aliphatic heterocycles. The molecule has 4 heteroatoms. The Morgan fingerprint density at radius 1 is 1.20 bits per heavy atom. The lowest BCUT2D eigenvalue weighted by molar-refractivity contribution is 0.684. The molecular weight excluding hydrogens is 268 g/mol. The van der Waals surface area contributed by atoms with Crippen LogP contribution in [0.5, 0.6) is 0 Å². The third-order valence-corrected chi connectivity index (χ3v) is 4.24. The summed E-state index contributed by atoms with van der Waals surface area (Å²) < 4.78 is 1.66. The third-order valence-electron chi connectivity index (χ3n) is 3.32. The molecule has 3 nitrogen and oxygen atoms in total. The smallest absolute Gasteiger partial charge is 0.257 e. The van der Waals surface area contributed by atoms with E-state index in [0.29, 0.717) is 6.42 Å². The predicted octanol–water partition coefficient (Wildman–Crippen LogP) is 3.10. The number of hydrogen-bond donors (Lipinski definition) is 0. The van der Waals surface area contributed by atoms with Crippen molar-refractivity contribution in [2.75, 3.05) is 5.75 Å². The number of aromatic nitrogens is 2. The van der Waals surface area contributed by atoms with Crippen molar-refractivity contribution in [2.24, 2.45) is 7.05 Å². The molecule has 0 spiro atoms. The van der Waals surface area contributed by atoms with E-state index in [9.17, 15) is 4.79 Å². The van der Waals surface area contributed by atoms with Crippen molar-refractivity contribution in [1.82, 2.24) is 9.55 Å². The molecule has 0 bridgehead atoms. The van der Waals surface area contributed by atoms with Gasteiger partial charge in [-0.15, -0.1) is 0 Å². The average Bonchev–Trinajstić information content (AvgIpc) is 2.43. The van der Waals surface area contributed by atoms with Crippen molar-refractivity contribution in [1.29, 1.82) is 0 Å². The molecule has 0 aliphatic carbocycles. The van der Waals surface area contributed by atoms with Crippen LogP contribution in [-0.2, 0) is 13.5 Å². The monoisotopic (exact) mass is 288 g/mol. The van der Waals surface area contributed by atoms with Gasteiger partial charge in [0.1, 0.15) is 0 Å². The first-order chi connectivity index (χ1) is 9.52. The first-order valence-corrected chi connectivity index (χ1v) is 7.76. The van der Waals surface area contributed by atoms with Crippen LogP contribution in [0, 0.1) is 13.8 Å². The molecule has 0 radical (unpaired) electrons. The van der Waals surface area contributed by atoms with Gasteiger partial charge in [0.25, 0.3) is 5.56 Å². The molecule has 0 saturated carbocycles. The normalized spacial score (nSPS) is 10.8. The molecule has 0 aliphatic rings. The summed E-state index contributed by atoms with van der Waals surface area (Å²) in [7, 11) is 1.80. The van der Waals surface area contributed by atoms with Gasteiger partial charge in [0, 0.05) is 24.7 Å². The summed E-state index contributed by atoms with van der Waals surface area (Å²) >= 11 is 1.60. The molecule has 0 unspecified atom stereocenters. The summed E-state index contributed by atoms with van der Waals surface area (Å²) in [5.74, 6) is 0.914. The van der Waals surface area contributed by atoms with Crippen LogP contribution in [0.15, 0.2) is 34.2 Å². The fourth-order valence-corrected chi connectivity index (χ4v) is 2.84. The first kappa shape index (κ1) is 14.9. The summed E-state index contributed by atoms with van der Waals surface area (Å²) in [4.78, 5) is 17.0. The van der Waals surface area contributed by atoms with Gasteiger partial charge in [0.15, 0.2) is 5.16 Å². The second-order valence-electron chi connectivity index (χ2n) is 4.92. The Balaban J connectivity index is 2.40. The highest BCUT2D eigenvalue weighted by Crippen LogP contribution is 2.16. The standard InChI is InChI=1S/C16H20N2OS/c1-5-20-16-17-12(3)14(15(19)18(16)4)10-13-8-6-11(2)7-9-13/h6-9H,5,10H2,1-4H3. The van der Waals surface area contributed by atoms with Crippen LogP contribution in [0.25, 0.3) is 0 Å². The van der Waals surface area contributed by atoms with E-state index in [1.807, 2.05) is 6.92 Å². The number of thioether (sulfide) groups is 1. The van der Waals surface area contributed by atoms with Gasteiger partial charge in [-0.05, 0) is 25.2 Å². The van der Waals surface area contributed by atoms with Crippen LogP contribution in [0.4, 0.5) is 0 Å². The quantitative estimate of drug-likeness (QED) is 0.640. The largest absolute Gasteiger partial charge is 0.291 e. The predicted molar refractivity (Wildman–Crippen MR) is 84.6 cm³/mol. The van der Waals surface area contributed by atoms with Crippen LogP contribution in [0.3, 0.4) is 0 Å². The molecule has 2 aromatic rings. The minimum absolute atomic E-state index is 0.0639. The summed E-state index contributed by atoms with van der Waals surface area (Å²) in [6, 6.07) is 8.29. The van der Waals surface area contributed by atoms with E-state index in [-0.39, 0.29) is 5.56 Å². The van der Waals surface area contributed by atoms with Gasteiger partial charge < -0.3 is 0 Å². The second kappa shape index (κ2) is 6.27. The molecule has 20 heavy (non-hydrogen) atoms. The summed E-state index contributed by atoms with van der Waals surface area (Å²) in [6.45, 7) is 6.05. The maximum atomic E-state index is 12.5. The van der Waals surface area contributed by atoms with E-state index in [1.165, 1.54) is 5.56 Å². The fraction of sp³-hybridized carbons (Fsp3) is 0.375. The lowest BCUT2D eigenvalue weighted by Crippen LogP contribution is -2.25. The van der Waals surface area contributed by atoms with Gasteiger partial charge in [-0.2, -0.15) is 0 Å². The van der Waals surface area contributed by atoms with Crippen LogP contribution in [0.2, 0.25) is 0 Å². The van der Waals surface area contributed by atoms with Crippen LogP contribution < -0.4 is 5.56 Å². The topological polar surface area (TPSA) is 34.9 Å². The average molecular weight is 288 g/mol. The first-order valence-electron chi connectivity index (χ1n) is 6.77. The maximum Gasteiger partial charge on any atom is 0.257 e. The minimum atomic E-state index is 0.0639. The molecule has 1 aromatic carbocycles. The SMILES string of the molecule is CCSc1nc(C)c(Cc2ccc(C)cc2)c(=O)n1C. The number of aryl methyl sites for hydroxylation is 2. The van der Waals surface area contributed by atoms with Crippen LogP contribution >= 0.6 is 11.8 Å². The summed E-state index contributed by atoms with van der Waals surface area (Å²) in [5.41, 5.74) is 4.06. The zero-order valence-corrected chi connectivity index (χ0v) is 13.3. The van der Waals surface area contributed by atoms with Crippen molar-refractivity contribution in [3.63, 3.8) is 0 Å². The maximum absolute atomic E-state index is 12.5. The molecule has 0 amide bonds. The van der Waals surface area contributed by atoms with E-state index in [2.05, 4.69) is 43.1 Å². The lowest BCUT2D eigenvalue weighted by atomic mass is 10.0. The van der Waals surface area contributed by atoms with Crippen molar-refractivity contribution in [3.05, 3.63) is 57.0 Å². The Morgan fingerprint density at radius 2 is 1.85 bits per heavy atom. The summed E-state index contributed by atoms with van der Waals surface area (Å²) in [6.07, 6.45) is 0.642. The zero-order chi connectivity index (χ0) is 14.7. The number of benzene rings is 1. The Labute approximate surface area is 124 Å². The van der Waals surface area contributed by atoms with Crippen LogP contribution in [0.1, 0.15) is 29.3 Å². The van der Waals surface area contributed by atoms with Crippen molar-refractivity contribution in [3.8, 4) is 0 Å². The van der Waals surface area contributed by atoms with E-state index in [1.54, 1.807) is 23.4 Å². The lowest BCUT2D eigenvalue weighted by Gasteiger charge is -2.11. The molecule has 106 valence electrons. The van der Waals surface area contributed by atoms with E-state index >= 15 is 0 Å². The van der Waals surface area contributed by atoms with Gasteiger partial charge in [0.2, 0.25) is 0 Å². The molecular formula is C16H20N2OS. The Hall–Kier alpha value is -1.55. The molecule has 0 N–H and O–H groups in total. The highest BCUT2D eigenvalue weighted by molar-refractivity contribution is 7.99. The Morgan fingerprint density at radius 3 is 2.45 bits per heavy atom.